The molecule has 0 bridgehead atoms. The summed E-state index contributed by atoms with van der Waals surface area (Å²) in [5.74, 6) is -6.84. The van der Waals surface area contributed by atoms with E-state index in [0.29, 0.717) is 37.7 Å². The number of fused-ring (bicyclic) bond motifs is 5. The molecule has 1 saturated carbocycles. The number of allylic oxidation sites excluding steroid dienone is 2. The van der Waals surface area contributed by atoms with E-state index >= 15 is 4.79 Å². The van der Waals surface area contributed by atoms with E-state index in [-0.39, 0.29) is 18.6 Å². The van der Waals surface area contributed by atoms with Gasteiger partial charge in [0.05, 0.1) is 28.9 Å². The zero-order valence-corrected chi connectivity index (χ0v) is 25.6. The highest BCUT2D eigenvalue weighted by Gasteiger charge is 2.70. The summed E-state index contributed by atoms with van der Waals surface area (Å²) in [6.45, 7) is 0. The van der Waals surface area contributed by atoms with E-state index < -0.39 is 64.7 Å². The average molecular weight is 646 g/mol. The van der Waals surface area contributed by atoms with Gasteiger partial charge in [-0.25, -0.2) is 9.69 Å². The summed E-state index contributed by atoms with van der Waals surface area (Å²) in [4.78, 5) is 71.3. The van der Waals surface area contributed by atoms with Crippen molar-refractivity contribution in [3.8, 4) is 5.75 Å². The van der Waals surface area contributed by atoms with Crippen LogP contribution in [0.1, 0.15) is 29.9 Å². The molecular formula is C37H28ClN3O6. The number of hydrogen-bond donors (Lipinski definition) is 2. The summed E-state index contributed by atoms with van der Waals surface area (Å²) >= 11 is 6.36. The van der Waals surface area contributed by atoms with E-state index in [2.05, 4.69) is 0 Å². The van der Waals surface area contributed by atoms with Gasteiger partial charge in [0.1, 0.15) is 5.75 Å². The Hall–Kier alpha value is -5.28. The van der Waals surface area contributed by atoms with Gasteiger partial charge in [-0.1, -0.05) is 90.0 Å². The van der Waals surface area contributed by atoms with Crippen LogP contribution in [-0.2, 0) is 24.6 Å². The first-order valence-corrected chi connectivity index (χ1v) is 15.8. The molecule has 2 saturated heterocycles. The van der Waals surface area contributed by atoms with Crippen LogP contribution < -0.4 is 10.6 Å². The van der Waals surface area contributed by atoms with Gasteiger partial charge in [0.2, 0.25) is 23.6 Å². The molecule has 4 aromatic carbocycles. The number of hydrogen-bond acceptors (Lipinski definition) is 6. The first kappa shape index (κ1) is 29.1. The fourth-order valence-electron chi connectivity index (χ4n) is 8.86. The van der Waals surface area contributed by atoms with E-state index in [1.165, 1.54) is 4.90 Å². The van der Waals surface area contributed by atoms with Crippen molar-refractivity contribution in [3.63, 3.8) is 0 Å². The van der Waals surface area contributed by atoms with Crippen LogP contribution in [0.25, 0.3) is 10.8 Å². The fourth-order valence-corrected chi connectivity index (χ4v) is 9.05. The number of urea groups is 1. The summed E-state index contributed by atoms with van der Waals surface area (Å²) in [6, 6.07) is 25.3. The van der Waals surface area contributed by atoms with Crippen molar-refractivity contribution in [2.24, 2.45) is 29.4 Å². The number of nitrogens with zero attached hydrogens (tertiary/aromatic N) is 2. The largest absolute Gasteiger partial charge is 0.508 e. The molecule has 0 aromatic heterocycles. The molecule has 6 atom stereocenters. The van der Waals surface area contributed by atoms with Crippen molar-refractivity contribution >= 4 is 57.7 Å². The molecule has 0 radical (unpaired) electrons. The number of anilines is 1. The van der Waals surface area contributed by atoms with Crippen molar-refractivity contribution in [3.05, 3.63) is 119 Å². The van der Waals surface area contributed by atoms with Crippen molar-refractivity contribution in [1.82, 2.24) is 4.90 Å². The Morgan fingerprint density at radius 2 is 1.60 bits per heavy atom. The van der Waals surface area contributed by atoms with Crippen LogP contribution in [0.5, 0.6) is 5.75 Å². The molecule has 6 amide bonds. The SMILES string of the molecule is NC(=O)N1C(=O)C2CC=C3C(CC4C(=O)N(c5cccc(Cl)c5)C(=O)C4(c4ccccc4)C3c3c(O)ccc4ccccc34)C2C1=O. The number of phenols is 1. The lowest BCUT2D eigenvalue weighted by atomic mass is 9.48. The summed E-state index contributed by atoms with van der Waals surface area (Å²) in [6.07, 6.45) is 2.05. The normalized spacial score (nSPS) is 28.3. The van der Waals surface area contributed by atoms with Crippen LogP contribution in [-0.4, -0.2) is 39.7 Å². The van der Waals surface area contributed by atoms with Crippen LogP contribution >= 0.6 is 11.6 Å². The third-order valence-corrected chi connectivity index (χ3v) is 10.9. The molecule has 3 N–H and O–H groups in total. The topological polar surface area (TPSA) is 138 Å². The Morgan fingerprint density at radius 3 is 2.34 bits per heavy atom. The highest BCUT2D eigenvalue weighted by molar-refractivity contribution is 6.32. The van der Waals surface area contributed by atoms with Gasteiger partial charge in [-0.05, 0) is 59.4 Å². The molecule has 47 heavy (non-hydrogen) atoms. The van der Waals surface area contributed by atoms with Crippen LogP contribution in [0.4, 0.5) is 10.5 Å². The monoisotopic (exact) mass is 645 g/mol. The Bertz CT molecular complexity index is 2100. The molecule has 2 aliphatic heterocycles. The number of nitrogens with two attached hydrogens (primary N) is 1. The molecule has 2 heterocycles. The van der Waals surface area contributed by atoms with Crippen LogP contribution in [0.15, 0.2) is 103 Å². The summed E-state index contributed by atoms with van der Waals surface area (Å²) in [5.41, 5.74) is 5.95. The van der Waals surface area contributed by atoms with Crippen molar-refractivity contribution in [2.45, 2.75) is 24.2 Å². The number of carbonyl (C=O) groups is 5. The fraction of sp³-hybridized carbons (Fsp3) is 0.216. The maximum absolute atomic E-state index is 15.3. The predicted molar refractivity (Wildman–Crippen MR) is 173 cm³/mol. The second-order valence-corrected chi connectivity index (χ2v) is 13.1. The molecule has 8 rings (SSSR count). The number of halogens is 1. The standard InChI is InChI=1S/C37H28ClN3O6/c38-21-10-6-11-22(17-21)40-33(44)27-18-26-24(14-15-25-29(26)34(45)41(32(25)43)36(39)47)31(37(27,35(40)46)20-8-2-1-3-9-20)30-23-12-5-4-7-19(23)13-16-28(30)42/h1-14,16-17,25-27,29,31,42H,15,18H2,(H2,39,47). The first-order valence-electron chi connectivity index (χ1n) is 15.4. The lowest BCUT2D eigenvalue weighted by Crippen LogP contribution is -2.53. The van der Waals surface area contributed by atoms with Gasteiger partial charge in [0.25, 0.3) is 0 Å². The molecule has 3 fully saturated rings. The maximum Gasteiger partial charge on any atom is 0.328 e. The van der Waals surface area contributed by atoms with Crippen LogP contribution in [0, 0.1) is 23.7 Å². The summed E-state index contributed by atoms with van der Waals surface area (Å²) in [5, 5.41) is 13.6. The number of rotatable bonds is 3. The third kappa shape index (κ3) is 3.86. The van der Waals surface area contributed by atoms with Crippen molar-refractivity contribution in [1.29, 1.82) is 0 Å². The molecule has 10 heteroatoms. The first-order chi connectivity index (χ1) is 22.7. The number of phenolic OH excluding ortho intramolecular Hbond substituents is 1. The highest BCUT2D eigenvalue weighted by atomic mass is 35.5. The number of amides is 6. The Balaban J connectivity index is 1.45. The number of aromatic hydroxyl groups is 1. The van der Waals surface area contributed by atoms with Gasteiger partial charge >= 0.3 is 6.03 Å². The van der Waals surface area contributed by atoms with Crippen molar-refractivity contribution < 1.29 is 29.1 Å². The number of primary amides is 1. The number of likely N-dealkylation sites (tertiary alicyclic amines) is 1. The Labute approximate surface area is 274 Å². The molecule has 9 nitrogen and oxygen atoms in total. The Kier molecular flexibility index (Phi) is 6.43. The van der Waals surface area contributed by atoms with E-state index in [0.717, 1.165) is 5.39 Å². The van der Waals surface area contributed by atoms with E-state index in [4.69, 9.17) is 17.3 Å². The summed E-state index contributed by atoms with van der Waals surface area (Å²) < 4.78 is 0. The number of imide groups is 4. The minimum atomic E-state index is -1.55. The molecule has 6 unspecified atom stereocenters. The highest BCUT2D eigenvalue weighted by Crippen LogP contribution is 2.65. The lowest BCUT2D eigenvalue weighted by molar-refractivity contribution is -0.136. The number of carbonyl (C=O) groups excluding carboxylic acids is 5. The van der Waals surface area contributed by atoms with Gasteiger partial charge in [-0.3, -0.25) is 19.2 Å². The quantitative estimate of drug-likeness (QED) is 0.225. The lowest BCUT2D eigenvalue weighted by Gasteiger charge is -2.51. The van der Waals surface area contributed by atoms with Gasteiger partial charge in [-0.2, -0.15) is 4.90 Å². The minimum Gasteiger partial charge on any atom is -0.508 e. The average Bonchev–Trinajstić information content (AvgIpc) is 3.46. The molecule has 0 spiro atoms. The zero-order chi connectivity index (χ0) is 32.8. The van der Waals surface area contributed by atoms with Gasteiger partial charge < -0.3 is 10.8 Å². The van der Waals surface area contributed by atoms with Gasteiger partial charge in [0, 0.05) is 16.5 Å². The van der Waals surface area contributed by atoms with Crippen molar-refractivity contribution in [2.75, 3.05) is 4.90 Å². The molecular weight excluding hydrogens is 618 g/mol. The predicted octanol–water partition coefficient (Wildman–Crippen LogP) is 5.44. The molecule has 234 valence electrons. The molecule has 4 aromatic rings. The van der Waals surface area contributed by atoms with Crippen LogP contribution in [0.2, 0.25) is 5.02 Å². The summed E-state index contributed by atoms with van der Waals surface area (Å²) in [7, 11) is 0. The number of benzene rings is 4. The molecule has 2 aliphatic carbocycles. The Morgan fingerprint density at radius 1 is 0.851 bits per heavy atom. The molecule has 4 aliphatic rings. The van der Waals surface area contributed by atoms with Gasteiger partial charge in [-0.15, -0.1) is 0 Å². The minimum absolute atomic E-state index is 0.0528. The third-order valence-electron chi connectivity index (χ3n) is 10.6. The van der Waals surface area contributed by atoms with E-state index in [9.17, 15) is 24.3 Å². The maximum atomic E-state index is 15.3. The van der Waals surface area contributed by atoms with Crippen LogP contribution in [0.3, 0.4) is 0 Å². The van der Waals surface area contributed by atoms with E-state index in [1.807, 2.05) is 60.7 Å². The second-order valence-electron chi connectivity index (χ2n) is 12.7. The zero-order valence-electron chi connectivity index (χ0n) is 24.9. The van der Waals surface area contributed by atoms with Gasteiger partial charge in [0.15, 0.2) is 0 Å². The smallest absolute Gasteiger partial charge is 0.328 e. The second kappa shape index (κ2) is 10.4. The van der Waals surface area contributed by atoms with E-state index in [1.54, 1.807) is 36.4 Å².